The van der Waals surface area contributed by atoms with Gasteiger partial charge in [-0.15, -0.1) is 0 Å². The molecule has 0 saturated carbocycles. The highest BCUT2D eigenvalue weighted by Crippen LogP contribution is 2.34. The van der Waals surface area contributed by atoms with E-state index in [-0.39, 0.29) is 5.82 Å². The summed E-state index contributed by atoms with van der Waals surface area (Å²) in [6, 6.07) is 5.13. The number of aromatic nitrogens is 1. The zero-order valence-corrected chi connectivity index (χ0v) is 11.6. The van der Waals surface area contributed by atoms with Crippen molar-refractivity contribution < 1.29 is 4.39 Å². The van der Waals surface area contributed by atoms with E-state index in [1.54, 1.807) is 6.20 Å². The van der Waals surface area contributed by atoms with E-state index in [0.717, 1.165) is 24.2 Å². The molecule has 1 aromatic carbocycles. The van der Waals surface area contributed by atoms with Crippen molar-refractivity contribution in [3.63, 3.8) is 0 Å². The van der Waals surface area contributed by atoms with Crippen LogP contribution in [0.2, 0.25) is 0 Å². The number of fused-ring (bicyclic) bond motifs is 1. The molecule has 1 fully saturated rings. The van der Waals surface area contributed by atoms with Crippen LogP contribution in [0.15, 0.2) is 24.4 Å². The number of thioether (sulfide) groups is 1. The average Bonchev–Trinajstić information content (AvgIpc) is 2.39. The molecule has 0 radical (unpaired) electrons. The number of nitrogens with zero attached hydrogens (tertiary/aromatic N) is 2. The summed E-state index contributed by atoms with van der Waals surface area (Å²) in [4.78, 5) is 6.42. The maximum Gasteiger partial charge on any atom is 0.150 e. The number of rotatable bonds is 1. The minimum absolute atomic E-state index is 0.275. The van der Waals surface area contributed by atoms with E-state index in [4.69, 9.17) is 5.73 Å². The summed E-state index contributed by atoms with van der Waals surface area (Å²) in [5.74, 6) is 0.738. The standard InChI is InChI=1S/C14H16FN3S/c1-9-8-18(5-6-19-9)14-11(15)7-12(16)10-3-2-4-17-13(10)14/h2-4,7,9H,5-6,8,16H2,1H3. The lowest BCUT2D eigenvalue weighted by molar-refractivity contribution is 0.619. The van der Waals surface area contributed by atoms with Gasteiger partial charge in [-0.1, -0.05) is 6.92 Å². The van der Waals surface area contributed by atoms with Gasteiger partial charge in [0.15, 0.2) is 5.82 Å². The molecule has 3 nitrogen and oxygen atoms in total. The van der Waals surface area contributed by atoms with E-state index in [0.29, 0.717) is 22.1 Å². The third-order valence-electron chi connectivity index (χ3n) is 3.41. The molecular weight excluding hydrogens is 261 g/mol. The lowest BCUT2D eigenvalue weighted by Gasteiger charge is -2.33. The molecule has 0 bridgehead atoms. The molecule has 1 unspecified atom stereocenters. The topological polar surface area (TPSA) is 42.1 Å². The summed E-state index contributed by atoms with van der Waals surface area (Å²) >= 11 is 1.92. The normalized spacial score (nSPS) is 19.9. The molecule has 100 valence electrons. The second-order valence-corrected chi connectivity index (χ2v) is 6.37. The lowest BCUT2D eigenvalue weighted by atomic mass is 10.1. The largest absolute Gasteiger partial charge is 0.398 e. The first-order valence-electron chi connectivity index (χ1n) is 6.36. The summed E-state index contributed by atoms with van der Waals surface area (Å²) in [7, 11) is 0. The van der Waals surface area contributed by atoms with Crippen LogP contribution in [-0.2, 0) is 0 Å². The number of anilines is 2. The van der Waals surface area contributed by atoms with Gasteiger partial charge in [-0.2, -0.15) is 11.8 Å². The van der Waals surface area contributed by atoms with Crippen LogP contribution in [0, 0.1) is 5.82 Å². The van der Waals surface area contributed by atoms with Crippen molar-refractivity contribution in [1.82, 2.24) is 4.98 Å². The Bertz CT molecular complexity index is 617. The zero-order valence-electron chi connectivity index (χ0n) is 10.8. The van der Waals surface area contributed by atoms with Gasteiger partial charge in [0, 0.05) is 41.4 Å². The molecular formula is C14H16FN3S. The molecule has 0 aliphatic carbocycles. The number of benzene rings is 1. The van der Waals surface area contributed by atoms with Gasteiger partial charge in [0.05, 0.1) is 11.2 Å². The van der Waals surface area contributed by atoms with E-state index in [1.807, 2.05) is 23.9 Å². The fourth-order valence-corrected chi connectivity index (χ4v) is 3.56. The molecule has 2 aromatic rings. The first-order chi connectivity index (χ1) is 9.16. The van der Waals surface area contributed by atoms with Crippen molar-refractivity contribution in [2.45, 2.75) is 12.2 Å². The molecule has 2 N–H and O–H groups in total. The van der Waals surface area contributed by atoms with Gasteiger partial charge in [0.25, 0.3) is 0 Å². The Morgan fingerprint density at radius 2 is 2.37 bits per heavy atom. The molecule has 1 aliphatic heterocycles. The molecule has 19 heavy (non-hydrogen) atoms. The van der Waals surface area contributed by atoms with Crippen LogP contribution in [0.4, 0.5) is 15.8 Å². The Hall–Kier alpha value is -1.49. The second kappa shape index (κ2) is 4.89. The van der Waals surface area contributed by atoms with Gasteiger partial charge >= 0.3 is 0 Å². The fourth-order valence-electron chi connectivity index (χ4n) is 2.55. The van der Waals surface area contributed by atoms with E-state index in [2.05, 4.69) is 16.8 Å². The second-order valence-electron chi connectivity index (χ2n) is 4.82. The van der Waals surface area contributed by atoms with Crippen molar-refractivity contribution in [2.75, 3.05) is 29.5 Å². The molecule has 1 aromatic heterocycles. The van der Waals surface area contributed by atoms with Crippen LogP contribution in [0.3, 0.4) is 0 Å². The summed E-state index contributed by atoms with van der Waals surface area (Å²) in [5.41, 5.74) is 7.59. The highest BCUT2D eigenvalue weighted by molar-refractivity contribution is 8.00. The zero-order chi connectivity index (χ0) is 13.4. The maximum atomic E-state index is 14.3. The molecule has 2 heterocycles. The van der Waals surface area contributed by atoms with E-state index in [9.17, 15) is 4.39 Å². The summed E-state index contributed by atoms with van der Waals surface area (Å²) in [6.45, 7) is 3.86. The molecule has 0 amide bonds. The van der Waals surface area contributed by atoms with Gasteiger partial charge in [-0.3, -0.25) is 4.98 Å². The van der Waals surface area contributed by atoms with Crippen LogP contribution in [0.25, 0.3) is 10.9 Å². The maximum absolute atomic E-state index is 14.3. The van der Waals surface area contributed by atoms with Crippen molar-refractivity contribution in [1.29, 1.82) is 0 Å². The molecule has 1 saturated heterocycles. The van der Waals surface area contributed by atoms with Gasteiger partial charge in [0.2, 0.25) is 0 Å². The highest BCUT2D eigenvalue weighted by atomic mass is 32.2. The van der Waals surface area contributed by atoms with E-state index >= 15 is 0 Å². The van der Waals surface area contributed by atoms with Crippen molar-refractivity contribution >= 4 is 34.0 Å². The van der Waals surface area contributed by atoms with Gasteiger partial charge < -0.3 is 10.6 Å². The van der Waals surface area contributed by atoms with Gasteiger partial charge in [-0.25, -0.2) is 4.39 Å². The number of hydrogen-bond acceptors (Lipinski definition) is 4. The quantitative estimate of drug-likeness (QED) is 0.814. The van der Waals surface area contributed by atoms with Gasteiger partial charge in [-0.05, 0) is 18.2 Å². The predicted octanol–water partition coefficient (Wildman–Crippen LogP) is 2.90. The Balaban J connectivity index is 2.17. The first kappa shape index (κ1) is 12.5. The molecule has 0 spiro atoms. The smallest absolute Gasteiger partial charge is 0.150 e. The predicted molar refractivity (Wildman–Crippen MR) is 80.2 cm³/mol. The number of halogens is 1. The number of nitrogen functional groups attached to an aromatic ring is 1. The van der Waals surface area contributed by atoms with Crippen LogP contribution in [0.5, 0.6) is 0 Å². The first-order valence-corrected chi connectivity index (χ1v) is 7.41. The third kappa shape index (κ3) is 2.23. The Labute approximate surface area is 116 Å². The van der Waals surface area contributed by atoms with E-state index in [1.165, 1.54) is 6.07 Å². The lowest BCUT2D eigenvalue weighted by Crippen LogP contribution is -2.37. The minimum Gasteiger partial charge on any atom is -0.398 e. The number of hydrogen-bond donors (Lipinski definition) is 1. The molecule has 5 heteroatoms. The Morgan fingerprint density at radius 1 is 1.53 bits per heavy atom. The monoisotopic (exact) mass is 277 g/mol. The number of pyridine rings is 1. The summed E-state index contributed by atoms with van der Waals surface area (Å²) in [5, 5.41) is 1.33. The summed E-state index contributed by atoms with van der Waals surface area (Å²) in [6.07, 6.45) is 1.69. The van der Waals surface area contributed by atoms with Crippen LogP contribution in [-0.4, -0.2) is 29.1 Å². The average molecular weight is 277 g/mol. The Kier molecular flexibility index (Phi) is 3.22. The van der Waals surface area contributed by atoms with Crippen molar-refractivity contribution in [2.24, 2.45) is 0 Å². The number of nitrogens with two attached hydrogens (primary N) is 1. The molecule has 1 aliphatic rings. The minimum atomic E-state index is -0.275. The Morgan fingerprint density at radius 3 is 3.16 bits per heavy atom. The van der Waals surface area contributed by atoms with Gasteiger partial charge in [0.1, 0.15) is 0 Å². The SMILES string of the molecule is CC1CN(c2c(F)cc(N)c3cccnc23)CCS1. The molecule has 3 rings (SSSR count). The fraction of sp³-hybridized carbons (Fsp3) is 0.357. The van der Waals surface area contributed by atoms with Crippen LogP contribution >= 0.6 is 11.8 Å². The van der Waals surface area contributed by atoms with Crippen LogP contribution in [0.1, 0.15) is 6.92 Å². The molecule has 1 atom stereocenters. The third-order valence-corrected chi connectivity index (χ3v) is 4.55. The van der Waals surface area contributed by atoms with Crippen molar-refractivity contribution in [3.8, 4) is 0 Å². The summed E-state index contributed by atoms with van der Waals surface area (Å²) < 4.78 is 14.3. The van der Waals surface area contributed by atoms with Crippen molar-refractivity contribution in [3.05, 3.63) is 30.2 Å². The van der Waals surface area contributed by atoms with Crippen LogP contribution < -0.4 is 10.6 Å². The van der Waals surface area contributed by atoms with E-state index < -0.39 is 0 Å². The highest BCUT2D eigenvalue weighted by Gasteiger charge is 2.23.